The molecule has 3 heterocycles. The second-order valence-corrected chi connectivity index (χ2v) is 7.07. The van der Waals surface area contributed by atoms with Gasteiger partial charge in [-0.2, -0.15) is 5.10 Å². The van der Waals surface area contributed by atoms with E-state index in [1.54, 1.807) is 4.68 Å². The number of hydrogen-bond acceptors (Lipinski definition) is 3. The molecule has 0 saturated carbocycles. The standard InChI is InChI=1S/C19H25N5O/c1-23-13-15(12-20-23)18-19(24-10-6-5-9-16(24)21-18)22-17(25)11-14-7-3-2-4-8-14/h7,12-13H,2-6,8-11H2,1H3,(H,22,25). The van der Waals surface area contributed by atoms with Crippen LogP contribution in [0.3, 0.4) is 0 Å². The number of aryl methyl sites for hydroxylation is 2. The number of nitrogens with zero attached hydrogens (tertiary/aromatic N) is 4. The highest BCUT2D eigenvalue weighted by atomic mass is 16.1. The fraction of sp³-hybridized carbons (Fsp3) is 0.526. The van der Waals surface area contributed by atoms with Crippen molar-refractivity contribution in [2.24, 2.45) is 7.05 Å². The van der Waals surface area contributed by atoms with Gasteiger partial charge in [0.2, 0.25) is 5.91 Å². The predicted molar refractivity (Wildman–Crippen MR) is 97.2 cm³/mol. The highest BCUT2D eigenvalue weighted by Crippen LogP contribution is 2.32. The zero-order valence-corrected chi connectivity index (χ0v) is 14.8. The summed E-state index contributed by atoms with van der Waals surface area (Å²) in [5.41, 5.74) is 3.07. The summed E-state index contributed by atoms with van der Waals surface area (Å²) < 4.78 is 3.95. The van der Waals surface area contributed by atoms with Crippen molar-refractivity contribution in [1.29, 1.82) is 0 Å². The molecule has 1 N–H and O–H groups in total. The number of rotatable bonds is 4. The van der Waals surface area contributed by atoms with Gasteiger partial charge in [0.1, 0.15) is 17.3 Å². The quantitative estimate of drug-likeness (QED) is 0.868. The molecule has 0 bridgehead atoms. The Morgan fingerprint density at radius 1 is 1.24 bits per heavy atom. The zero-order chi connectivity index (χ0) is 17.2. The van der Waals surface area contributed by atoms with E-state index in [1.165, 1.54) is 18.4 Å². The third-order valence-electron chi connectivity index (χ3n) is 5.09. The minimum atomic E-state index is 0.0616. The molecule has 1 aliphatic heterocycles. The van der Waals surface area contributed by atoms with Gasteiger partial charge in [0.25, 0.3) is 0 Å². The molecule has 6 nitrogen and oxygen atoms in total. The van der Waals surface area contributed by atoms with Gasteiger partial charge in [-0.3, -0.25) is 9.48 Å². The minimum absolute atomic E-state index is 0.0616. The van der Waals surface area contributed by atoms with Crippen LogP contribution >= 0.6 is 0 Å². The molecular weight excluding hydrogens is 314 g/mol. The van der Waals surface area contributed by atoms with Crippen LogP contribution in [0, 0.1) is 0 Å². The zero-order valence-electron chi connectivity index (χ0n) is 14.8. The average Bonchev–Trinajstić information content (AvgIpc) is 3.20. The van der Waals surface area contributed by atoms with Crippen molar-refractivity contribution in [3.8, 4) is 11.3 Å². The summed E-state index contributed by atoms with van der Waals surface area (Å²) >= 11 is 0. The van der Waals surface area contributed by atoms with Gasteiger partial charge >= 0.3 is 0 Å². The first-order valence-corrected chi connectivity index (χ1v) is 9.27. The lowest BCUT2D eigenvalue weighted by Gasteiger charge is -2.17. The van der Waals surface area contributed by atoms with Crippen LogP contribution in [0.5, 0.6) is 0 Å². The Kier molecular flexibility index (Phi) is 4.42. The topological polar surface area (TPSA) is 64.7 Å². The number of imidazole rings is 1. The number of allylic oxidation sites excluding steroid dienone is 1. The van der Waals surface area contributed by atoms with Crippen molar-refractivity contribution in [1.82, 2.24) is 19.3 Å². The van der Waals surface area contributed by atoms with Crippen LogP contribution in [-0.2, 0) is 24.8 Å². The Morgan fingerprint density at radius 2 is 2.12 bits per heavy atom. The molecule has 6 heteroatoms. The van der Waals surface area contributed by atoms with Crippen LogP contribution in [0.2, 0.25) is 0 Å². The second-order valence-electron chi connectivity index (χ2n) is 7.07. The van der Waals surface area contributed by atoms with Crippen molar-refractivity contribution < 1.29 is 4.79 Å². The summed E-state index contributed by atoms with van der Waals surface area (Å²) in [7, 11) is 1.90. The van der Waals surface area contributed by atoms with Crippen molar-refractivity contribution in [3.63, 3.8) is 0 Å². The lowest BCUT2D eigenvalue weighted by Crippen LogP contribution is -2.19. The first-order chi connectivity index (χ1) is 12.2. The van der Waals surface area contributed by atoms with Gasteiger partial charge in [0.05, 0.1) is 6.20 Å². The van der Waals surface area contributed by atoms with Crippen molar-refractivity contribution >= 4 is 11.7 Å². The fourth-order valence-corrected chi connectivity index (χ4v) is 3.80. The lowest BCUT2D eigenvalue weighted by molar-refractivity contribution is -0.115. The van der Waals surface area contributed by atoms with Crippen molar-refractivity contribution in [2.75, 3.05) is 5.32 Å². The van der Waals surface area contributed by atoms with Crippen molar-refractivity contribution in [3.05, 3.63) is 29.9 Å². The summed E-state index contributed by atoms with van der Waals surface area (Å²) in [5.74, 6) is 1.97. The van der Waals surface area contributed by atoms with Gasteiger partial charge in [0, 0.05) is 38.2 Å². The molecule has 0 aromatic carbocycles. The normalized spacial score (nSPS) is 17.1. The van der Waals surface area contributed by atoms with E-state index in [0.29, 0.717) is 6.42 Å². The predicted octanol–water partition coefficient (Wildman–Crippen LogP) is 3.45. The average molecular weight is 339 g/mol. The molecule has 132 valence electrons. The molecule has 0 saturated heterocycles. The van der Waals surface area contributed by atoms with Crippen LogP contribution in [0.25, 0.3) is 11.3 Å². The van der Waals surface area contributed by atoms with E-state index in [0.717, 1.165) is 61.5 Å². The molecule has 0 spiro atoms. The maximum absolute atomic E-state index is 12.6. The number of nitrogens with one attached hydrogen (secondary N) is 1. The molecule has 0 radical (unpaired) electrons. The number of fused-ring (bicyclic) bond motifs is 1. The molecule has 1 aliphatic carbocycles. The Balaban J connectivity index is 1.62. The van der Waals surface area contributed by atoms with Crippen LogP contribution in [0.15, 0.2) is 24.0 Å². The summed E-state index contributed by atoms with van der Waals surface area (Å²) in [6.45, 7) is 0.918. The van der Waals surface area contributed by atoms with E-state index >= 15 is 0 Å². The van der Waals surface area contributed by atoms with Gasteiger partial charge < -0.3 is 9.88 Å². The maximum atomic E-state index is 12.6. The molecule has 0 atom stereocenters. The Bertz CT molecular complexity index is 814. The molecule has 2 aromatic rings. The molecule has 2 aliphatic rings. The minimum Gasteiger partial charge on any atom is -0.314 e. The van der Waals surface area contributed by atoms with Crippen LogP contribution in [0.4, 0.5) is 5.82 Å². The summed E-state index contributed by atoms with van der Waals surface area (Å²) in [5, 5.41) is 7.42. The van der Waals surface area contributed by atoms with Gasteiger partial charge in [-0.05, 0) is 38.5 Å². The summed E-state index contributed by atoms with van der Waals surface area (Å²) in [4.78, 5) is 17.5. The smallest absolute Gasteiger partial charge is 0.229 e. The fourth-order valence-electron chi connectivity index (χ4n) is 3.80. The molecule has 2 aromatic heterocycles. The first kappa shape index (κ1) is 16.1. The Hall–Kier alpha value is -2.37. The molecule has 0 unspecified atom stereocenters. The number of carbonyl (C=O) groups excluding carboxylic acids is 1. The third kappa shape index (κ3) is 3.38. The third-order valence-corrected chi connectivity index (χ3v) is 5.09. The lowest BCUT2D eigenvalue weighted by atomic mass is 9.97. The van der Waals surface area contributed by atoms with Crippen LogP contribution in [0.1, 0.15) is 50.8 Å². The number of hydrogen-bond donors (Lipinski definition) is 1. The largest absolute Gasteiger partial charge is 0.314 e. The number of anilines is 1. The molecule has 25 heavy (non-hydrogen) atoms. The SMILES string of the molecule is Cn1cc(-c2nc3n(c2NC(=O)CC2=CCCCC2)CCCC3)cn1. The molecule has 0 fully saturated rings. The maximum Gasteiger partial charge on any atom is 0.229 e. The van der Waals surface area contributed by atoms with Gasteiger partial charge in [-0.15, -0.1) is 0 Å². The summed E-state index contributed by atoms with van der Waals surface area (Å²) in [6, 6.07) is 0. The van der Waals surface area contributed by atoms with Crippen LogP contribution in [-0.4, -0.2) is 25.2 Å². The van der Waals surface area contributed by atoms with Crippen molar-refractivity contribution in [2.45, 2.75) is 57.9 Å². The van der Waals surface area contributed by atoms with E-state index in [2.05, 4.69) is 21.1 Å². The summed E-state index contributed by atoms with van der Waals surface area (Å²) in [6.07, 6.45) is 14.3. The van der Waals surface area contributed by atoms with Gasteiger partial charge in [0.15, 0.2) is 0 Å². The van der Waals surface area contributed by atoms with E-state index in [9.17, 15) is 4.79 Å². The Labute approximate surface area is 147 Å². The molecule has 1 amide bonds. The van der Waals surface area contributed by atoms with Gasteiger partial charge in [-0.1, -0.05) is 11.6 Å². The van der Waals surface area contributed by atoms with E-state index < -0.39 is 0 Å². The van der Waals surface area contributed by atoms with E-state index in [4.69, 9.17) is 4.98 Å². The second kappa shape index (κ2) is 6.86. The number of aromatic nitrogens is 4. The molecular formula is C19H25N5O. The van der Waals surface area contributed by atoms with Crippen LogP contribution < -0.4 is 5.32 Å². The highest BCUT2D eigenvalue weighted by molar-refractivity contribution is 5.95. The van der Waals surface area contributed by atoms with E-state index in [1.807, 2.05) is 19.4 Å². The molecule has 4 rings (SSSR count). The Morgan fingerprint density at radius 3 is 2.88 bits per heavy atom. The monoisotopic (exact) mass is 339 g/mol. The number of carbonyl (C=O) groups is 1. The highest BCUT2D eigenvalue weighted by Gasteiger charge is 2.23. The van der Waals surface area contributed by atoms with Gasteiger partial charge in [-0.25, -0.2) is 4.98 Å². The van der Waals surface area contributed by atoms with E-state index in [-0.39, 0.29) is 5.91 Å². The first-order valence-electron chi connectivity index (χ1n) is 9.27. The number of amides is 1.